The molecule has 140 valence electrons. The van der Waals surface area contributed by atoms with Gasteiger partial charge in [-0.05, 0) is 43.8 Å². The van der Waals surface area contributed by atoms with Gasteiger partial charge in [0.2, 0.25) is 10.0 Å². The molecule has 0 aliphatic rings. The molecule has 26 heavy (non-hydrogen) atoms. The number of carbonyl (C=O) groups excluding carboxylic acids is 1. The molecule has 2 aromatic carbocycles. The van der Waals surface area contributed by atoms with Crippen molar-refractivity contribution in [1.29, 1.82) is 0 Å². The maximum Gasteiger partial charge on any atom is 0.253 e. The van der Waals surface area contributed by atoms with Crippen LogP contribution in [0.15, 0.2) is 53.4 Å². The molecule has 0 aliphatic carbocycles. The van der Waals surface area contributed by atoms with E-state index in [1.54, 1.807) is 31.2 Å². The summed E-state index contributed by atoms with van der Waals surface area (Å²) in [7, 11) is -0.943. The highest BCUT2D eigenvalue weighted by atomic mass is 32.2. The Hall–Kier alpha value is -2.42. The summed E-state index contributed by atoms with van der Waals surface area (Å²) in [6.45, 7) is 1.71. The van der Waals surface area contributed by atoms with Crippen molar-refractivity contribution in [2.24, 2.45) is 0 Å². The van der Waals surface area contributed by atoms with Crippen molar-refractivity contribution < 1.29 is 22.7 Å². The summed E-state index contributed by atoms with van der Waals surface area (Å²) in [4.78, 5) is 12.2. The van der Waals surface area contributed by atoms with Gasteiger partial charge in [0.1, 0.15) is 16.7 Å². The molecule has 2 N–H and O–H groups in total. The lowest BCUT2D eigenvalue weighted by molar-refractivity contribution is -0.127. The van der Waals surface area contributed by atoms with Crippen LogP contribution in [-0.2, 0) is 26.2 Å². The first-order chi connectivity index (χ1) is 12.4. The van der Waals surface area contributed by atoms with Crippen LogP contribution in [0.25, 0.3) is 0 Å². The maximum absolute atomic E-state index is 12.1. The number of ether oxygens (including phenoxy) is 2. The highest BCUT2D eigenvalue weighted by Gasteiger charge is 2.19. The van der Waals surface area contributed by atoms with Crippen molar-refractivity contribution in [3.63, 3.8) is 0 Å². The molecule has 0 aliphatic heterocycles. The number of benzene rings is 2. The van der Waals surface area contributed by atoms with Crippen LogP contribution in [0.4, 0.5) is 5.69 Å². The van der Waals surface area contributed by atoms with Crippen molar-refractivity contribution >= 4 is 21.6 Å². The Labute approximate surface area is 153 Å². The number of hydrogen-bond acceptors (Lipinski definition) is 5. The van der Waals surface area contributed by atoms with E-state index in [1.807, 2.05) is 18.2 Å². The number of hydrogen-bond donors (Lipinski definition) is 2. The smallest absolute Gasteiger partial charge is 0.253 e. The lowest BCUT2D eigenvalue weighted by Crippen LogP contribution is -2.27. The minimum Gasteiger partial charge on any atom is -0.495 e. The average Bonchev–Trinajstić information content (AvgIpc) is 2.66. The van der Waals surface area contributed by atoms with Gasteiger partial charge in [-0.25, -0.2) is 13.1 Å². The topological polar surface area (TPSA) is 93.7 Å². The monoisotopic (exact) mass is 378 g/mol. The molecule has 0 aromatic heterocycles. The van der Waals surface area contributed by atoms with Gasteiger partial charge in [-0.15, -0.1) is 0 Å². The zero-order valence-electron chi connectivity index (χ0n) is 14.9. The minimum atomic E-state index is -3.67. The van der Waals surface area contributed by atoms with Gasteiger partial charge in [0.25, 0.3) is 5.91 Å². The lowest BCUT2D eigenvalue weighted by atomic mass is 10.2. The number of anilines is 1. The highest BCUT2D eigenvalue weighted by Crippen LogP contribution is 2.25. The van der Waals surface area contributed by atoms with E-state index in [9.17, 15) is 13.2 Å². The van der Waals surface area contributed by atoms with E-state index >= 15 is 0 Å². The first-order valence-corrected chi connectivity index (χ1v) is 9.43. The quantitative estimate of drug-likeness (QED) is 0.734. The number of sulfonamides is 1. The van der Waals surface area contributed by atoms with Crippen LogP contribution in [0.1, 0.15) is 12.5 Å². The Bertz CT molecular complexity index is 853. The zero-order chi connectivity index (χ0) is 19.2. The second kappa shape index (κ2) is 8.79. The van der Waals surface area contributed by atoms with Gasteiger partial charge in [-0.1, -0.05) is 24.3 Å². The van der Waals surface area contributed by atoms with Crippen LogP contribution in [0.2, 0.25) is 0 Å². The van der Waals surface area contributed by atoms with E-state index in [1.165, 1.54) is 20.2 Å². The molecule has 0 unspecified atom stereocenters. The van der Waals surface area contributed by atoms with Gasteiger partial charge in [-0.2, -0.15) is 0 Å². The number of carbonyl (C=O) groups is 1. The second-order valence-corrected chi connectivity index (χ2v) is 7.36. The summed E-state index contributed by atoms with van der Waals surface area (Å²) in [5.41, 5.74) is 1.29. The molecule has 7 nitrogen and oxygen atoms in total. The fourth-order valence-electron chi connectivity index (χ4n) is 2.19. The summed E-state index contributed by atoms with van der Waals surface area (Å²) >= 11 is 0. The number of rotatable bonds is 8. The molecule has 1 amide bonds. The summed E-state index contributed by atoms with van der Waals surface area (Å²) in [5.74, 6) is -0.0502. The molecule has 1 atom stereocenters. The summed E-state index contributed by atoms with van der Waals surface area (Å²) in [5, 5.41) is 2.75. The molecule has 0 heterocycles. The van der Waals surface area contributed by atoms with Gasteiger partial charge in [0.05, 0.1) is 13.7 Å². The molecule has 2 rings (SSSR count). The first kappa shape index (κ1) is 19.9. The zero-order valence-corrected chi connectivity index (χ0v) is 15.7. The van der Waals surface area contributed by atoms with Gasteiger partial charge in [0, 0.05) is 5.69 Å². The Morgan fingerprint density at radius 1 is 1.15 bits per heavy atom. The number of nitrogens with one attached hydrogen (secondary N) is 2. The van der Waals surface area contributed by atoms with Gasteiger partial charge in [0.15, 0.2) is 0 Å². The van der Waals surface area contributed by atoms with Crippen molar-refractivity contribution in [2.45, 2.75) is 24.5 Å². The normalized spacial score (nSPS) is 12.4. The van der Waals surface area contributed by atoms with Gasteiger partial charge < -0.3 is 14.8 Å². The van der Waals surface area contributed by atoms with E-state index in [-0.39, 0.29) is 23.2 Å². The summed E-state index contributed by atoms with van der Waals surface area (Å²) < 4.78 is 37.1. The molecule has 0 spiro atoms. The molecular formula is C18H22N2O5S. The van der Waals surface area contributed by atoms with E-state index in [4.69, 9.17) is 9.47 Å². The molecule has 0 saturated carbocycles. The van der Waals surface area contributed by atoms with Crippen LogP contribution in [0.3, 0.4) is 0 Å². The van der Waals surface area contributed by atoms with E-state index in [2.05, 4.69) is 10.0 Å². The van der Waals surface area contributed by atoms with E-state index < -0.39 is 16.1 Å². The summed E-state index contributed by atoms with van der Waals surface area (Å²) in [6.07, 6.45) is -0.707. The van der Waals surface area contributed by atoms with Crippen LogP contribution in [0, 0.1) is 0 Å². The molecule has 0 saturated heterocycles. The van der Waals surface area contributed by atoms with Crippen LogP contribution in [0.5, 0.6) is 5.75 Å². The Morgan fingerprint density at radius 3 is 2.46 bits per heavy atom. The van der Waals surface area contributed by atoms with Gasteiger partial charge in [-0.3, -0.25) is 4.79 Å². The third kappa shape index (κ3) is 5.04. The SMILES string of the molecule is CNS(=O)(=O)c1cc(CO[C@H](C)C(=O)Nc2ccccc2)ccc1OC. The van der Waals surface area contributed by atoms with E-state index in [0.717, 1.165) is 0 Å². The Balaban J connectivity index is 2.04. The number of methoxy groups -OCH3 is 1. The standard InChI is InChI=1S/C18H22N2O5S/c1-13(18(21)20-15-7-5-4-6-8-15)25-12-14-9-10-16(24-3)17(11-14)26(22,23)19-2/h4-11,13,19H,12H2,1-3H3,(H,20,21)/t13-/m1/s1. The predicted octanol–water partition coefficient (Wildman–Crippen LogP) is 2.15. The Morgan fingerprint density at radius 2 is 1.85 bits per heavy atom. The van der Waals surface area contributed by atoms with Crippen molar-refractivity contribution in [3.8, 4) is 5.75 Å². The largest absolute Gasteiger partial charge is 0.495 e. The third-order valence-electron chi connectivity index (χ3n) is 3.70. The highest BCUT2D eigenvalue weighted by molar-refractivity contribution is 7.89. The average molecular weight is 378 g/mol. The van der Waals surface area contributed by atoms with Crippen molar-refractivity contribution in [1.82, 2.24) is 4.72 Å². The van der Waals surface area contributed by atoms with Gasteiger partial charge >= 0.3 is 0 Å². The maximum atomic E-state index is 12.1. The molecule has 0 radical (unpaired) electrons. The minimum absolute atomic E-state index is 0.0185. The van der Waals surface area contributed by atoms with Crippen LogP contribution in [-0.4, -0.2) is 34.6 Å². The first-order valence-electron chi connectivity index (χ1n) is 7.95. The van der Waals surface area contributed by atoms with E-state index in [0.29, 0.717) is 11.3 Å². The number of para-hydroxylation sites is 1. The molecule has 8 heteroatoms. The lowest BCUT2D eigenvalue weighted by Gasteiger charge is -2.15. The predicted molar refractivity (Wildman–Crippen MR) is 98.6 cm³/mol. The molecule has 0 fully saturated rings. The number of amides is 1. The molecular weight excluding hydrogens is 356 g/mol. The fourth-order valence-corrected chi connectivity index (χ4v) is 3.14. The van der Waals surface area contributed by atoms with Crippen LogP contribution >= 0.6 is 0 Å². The molecule has 2 aromatic rings. The second-order valence-electron chi connectivity index (χ2n) is 5.50. The third-order valence-corrected chi connectivity index (χ3v) is 5.13. The molecule has 0 bridgehead atoms. The summed E-state index contributed by atoms with van der Waals surface area (Å²) in [6, 6.07) is 13.8. The van der Waals surface area contributed by atoms with Crippen molar-refractivity contribution in [2.75, 3.05) is 19.5 Å². The van der Waals surface area contributed by atoms with Crippen molar-refractivity contribution in [3.05, 3.63) is 54.1 Å². The fraction of sp³-hybridized carbons (Fsp3) is 0.278. The van der Waals surface area contributed by atoms with Crippen LogP contribution < -0.4 is 14.8 Å². The Kier molecular flexibility index (Phi) is 6.73.